The summed E-state index contributed by atoms with van der Waals surface area (Å²) in [6, 6.07) is 15.6. The molecule has 0 atom stereocenters. The van der Waals surface area contributed by atoms with Crippen molar-refractivity contribution in [3.8, 4) is 0 Å². The second kappa shape index (κ2) is 10.4. The van der Waals surface area contributed by atoms with Crippen molar-refractivity contribution in [1.29, 1.82) is 0 Å². The van der Waals surface area contributed by atoms with Gasteiger partial charge in [0.1, 0.15) is 5.82 Å². The van der Waals surface area contributed by atoms with Gasteiger partial charge in [0.2, 0.25) is 15.9 Å². The molecule has 0 saturated carbocycles. The fourth-order valence-corrected chi connectivity index (χ4v) is 5.76. The van der Waals surface area contributed by atoms with E-state index < -0.39 is 10.0 Å². The highest BCUT2D eigenvalue weighted by molar-refractivity contribution is 7.92. The standard InChI is InChI=1S/C24H24FN3O3S2/c25-21-8-4-7-19(15-21)16-22-17-26-24(32-22)27-23(29)20-9-12-28(13-10-20)33(30,31)14-11-18-5-2-1-3-6-18/h1-8,11,14-15,17,20H,9-10,12-13,16H2,(H,26,27,29)/b14-11+. The van der Waals surface area contributed by atoms with Crippen molar-refractivity contribution in [2.45, 2.75) is 19.3 Å². The molecule has 2 heterocycles. The normalized spacial score (nSPS) is 15.7. The molecule has 1 N–H and O–H groups in total. The lowest BCUT2D eigenvalue weighted by atomic mass is 9.97. The summed E-state index contributed by atoms with van der Waals surface area (Å²) in [5, 5.41) is 4.56. The van der Waals surface area contributed by atoms with Gasteiger partial charge in [-0.2, -0.15) is 4.31 Å². The number of hydrogen-bond donors (Lipinski definition) is 1. The van der Waals surface area contributed by atoms with E-state index in [1.807, 2.05) is 36.4 Å². The molecule has 1 aliphatic heterocycles. The molecule has 1 aromatic heterocycles. The summed E-state index contributed by atoms with van der Waals surface area (Å²) in [5.41, 5.74) is 1.65. The molecule has 0 unspecified atom stereocenters. The van der Waals surface area contributed by atoms with Gasteiger partial charge in [-0.1, -0.05) is 42.5 Å². The zero-order valence-electron chi connectivity index (χ0n) is 17.9. The second-order valence-electron chi connectivity index (χ2n) is 7.86. The largest absolute Gasteiger partial charge is 0.302 e. The zero-order chi connectivity index (χ0) is 23.3. The Kier molecular flexibility index (Phi) is 7.32. The molecular formula is C24H24FN3O3S2. The average molecular weight is 486 g/mol. The van der Waals surface area contributed by atoms with Crippen LogP contribution in [0.1, 0.15) is 28.8 Å². The van der Waals surface area contributed by atoms with E-state index in [0.717, 1.165) is 16.0 Å². The van der Waals surface area contributed by atoms with Crippen molar-refractivity contribution in [3.63, 3.8) is 0 Å². The van der Waals surface area contributed by atoms with Crippen LogP contribution in [0.15, 0.2) is 66.2 Å². The van der Waals surface area contributed by atoms with Crippen LogP contribution >= 0.6 is 11.3 Å². The van der Waals surface area contributed by atoms with Gasteiger partial charge in [-0.05, 0) is 42.2 Å². The summed E-state index contributed by atoms with van der Waals surface area (Å²) < 4.78 is 40.0. The maximum absolute atomic E-state index is 13.4. The Bertz CT molecular complexity index is 1230. The van der Waals surface area contributed by atoms with Crippen molar-refractivity contribution in [2.24, 2.45) is 5.92 Å². The number of carbonyl (C=O) groups excluding carboxylic acids is 1. The van der Waals surface area contributed by atoms with E-state index >= 15 is 0 Å². The maximum Gasteiger partial charge on any atom is 0.236 e. The lowest BCUT2D eigenvalue weighted by molar-refractivity contribution is -0.120. The highest BCUT2D eigenvalue weighted by atomic mass is 32.2. The summed E-state index contributed by atoms with van der Waals surface area (Å²) in [4.78, 5) is 17.8. The predicted octanol–water partition coefficient (Wildman–Crippen LogP) is 4.52. The Morgan fingerprint density at radius 2 is 1.91 bits per heavy atom. The van der Waals surface area contributed by atoms with Gasteiger partial charge in [0.15, 0.2) is 5.13 Å². The van der Waals surface area contributed by atoms with E-state index in [-0.39, 0.29) is 17.6 Å². The monoisotopic (exact) mass is 485 g/mol. The first kappa shape index (κ1) is 23.3. The lowest BCUT2D eigenvalue weighted by Gasteiger charge is -2.29. The Morgan fingerprint density at radius 3 is 2.64 bits per heavy atom. The number of nitrogens with zero attached hydrogens (tertiary/aromatic N) is 2. The summed E-state index contributed by atoms with van der Waals surface area (Å²) in [7, 11) is -3.53. The molecule has 3 aromatic rings. The number of halogens is 1. The molecule has 4 rings (SSSR count). The van der Waals surface area contributed by atoms with Gasteiger partial charge in [-0.25, -0.2) is 17.8 Å². The molecule has 6 nitrogen and oxygen atoms in total. The topological polar surface area (TPSA) is 79.4 Å². The van der Waals surface area contributed by atoms with Crippen LogP contribution in [-0.4, -0.2) is 36.7 Å². The number of amides is 1. The van der Waals surface area contributed by atoms with Gasteiger partial charge < -0.3 is 5.32 Å². The van der Waals surface area contributed by atoms with Gasteiger partial charge >= 0.3 is 0 Å². The number of benzene rings is 2. The first-order valence-corrected chi connectivity index (χ1v) is 12.9. The fraction of sp³-hybridized carbons (Fsp3) is 0.250. The third-order valence-corrected chi connectivity index (χ3v) is 7.95. The number of thiazole rings is 1. The molecule has 1 aliphatic rings. The second-order valence-corrected chi connectivity index (χ2v) is 10.8. The first-order valence-electron chi connectivity index (χ1n) is 10.6. The van der Waals surface area contributed by atoms with Crippen LogP contribution in [0, 0.1) is 11.7 Å². The van der Waals surface area contributed by atoms with Crippen LogP contribution in [0.2, 0.25) is 0 Å². The molecule has 1 fully saturated rings. The molecule has 0 aliphatic carbocycles. The molecule has 2 aromatic carbocycles. The molecule has 0 spiro atoms. The highest BCUT2D eigenvalue weighted by Gasteiger charge is 2.30. The van der Waals surface area contributed by atoms with E-state index in [4.69, 9.17) is 0 Å². The third-order valence-electron chi connectivity index (χ3n) is 5.47. The Labute approximate surface area is 196 Å². The van der Waals surface area contributed by atoms with Gasteiger partial charge in [0, 0.05) is 41.9 Å². The fourth-order valence-electron chi connectivity index (χ4n) is 3.69. The molecular weight excluding hydrogens is 461 g/mol. The lowest BCUT2D eigenvalue weighted by Crippen LogP contribution is -2.40. The molecule has 0 bridgehead atoms. The van der Waals surface area contributed by atoms with E-state index in [1.165, 1.54) is 33.2 Å². The molecule has 1 saturated heterocycles. The smallest absolute Gasteiger partial charge is 0.236 e. The minimum atomic E-state index is -3.53. The third kappa shape index (κ3) is 6.34. The van der Waals surface area contributed by atoms with Gasteiger partial charge in [-0.15, -0.1) is 11.3 Å². The highest BCUT2D eigenvalue weighted by Crippen LogP contribution is 2.25. The predicted molar refractivity (Wildman–Crippen MR) is 129 cm³/mol. The van der Waals surface area contributed by atoms with Gasteiger partial charge in [0.05, 0.1) is 0 Å². The zero-order valence-corrected chi connectivity index (χ0v) is 19.5. The minimum Gasteiger partial charge on any atom is -0.302 e. The van der Waals surface area contributed by atoms with Crippen molar-refractivity contribution in [3.05, 3.63) is 88.0 Å². The number of sulfonamides is 1. The van der Waals surface area contributed by atoms with Crippen LogP contribution in [0.3, 0.4) is 0 Å². The quantitative estimate of drug-likeness (QED) is 0.534. The van der Waals surface area contributed by atoms with Crippen LogP contribution in [0.4, 0.5) is 9.52 Å². The van der Waals surface area contributed by atoms with Crippen molar-refractivity contribution in [2.75, 3.05) is 18.4 Å². The van der Waals surface area contributed by atoms with E-state index in [9.17, 15) is 17.6 Å². The summed E-state index contributed by atoms with van der Waals surface area (Å²) >= 11 is 1.35. The first-order chi connectivity index (χ1) is 15.9. The Hall–Kier alpha value is -2.88. The Balaban J connectivity index is 1.29. The molecule has 9 heteroatoms. The van der Waals surface area contributed by atoms with Crippen LogP contribution in [0.25, 0.3) is 6.08 Å². The number of anilines is 1. The van der Waals surface area contributed by atoms with Crippen LogP contribution in [-0.2, 0) is 21.2 Å². The average Bonchev–Trinajstić information content (AvgIpc) is 3.25. The number of aromatic nitrogens is 1. The number of piperidine rings is 1. The van der Waals surface area contributed by atoms with Gasteiger partial charge in [0.25, 0.3) is 0 Å². The van der Waals surface area contributed by atoms with Gasteiger partial charge in [-0.3, -0.25) is 4.79 Å². The van der Waals surface area contributed by atoms with E-state index in [2.05, 4.69) is 10.3 Å². The maximum atomic E-state index is 13.4. The number of nitrogens with one attached hydrogen (secondary N) is 1. The number of rotatable bonds is 7. The van der Waals surface area contributed by atoms with E-state index in [0.29, 0.717) is 37.5 Å². The van der Waals surface area contributed by atoms with Crippen molar-refractivity contribution in [1.82, 2.24) is 9.29 Å². The molecule has 1 amide bonds. The minimum absolute atomic E-state index is 0.154. The number of hydrogen-bond acceptors (Lipinski definition) is 5. The molecule has 172 valence electrons. The molecule has 33 heavy (non-hydrogen) atoms. The summed E-state index contributed by atoms with van der Waals surface area (Å²) in [6.07, 6.45) is 4.70. The molecule has 0 radical (unpaired) electrons. The summed E-state index contributed by atoms with van der Waals surface area (Å²) in [6.45, 7) is 0.588. The Morgan fingerprint density at radius 1 is 1.15 bits per heavy atom. The van der Waals surface area contributed by atoms with Crippen molar-refractivity contribution >= 4 is 38.5 Å². The van der Waals surface area contributed by atoms with Crippen LogP contribution < -0.4 is 5.32 Å². The SMILES string of the molecule is O=C(Nc1ncc(Cc2cccc(F)c2)s1)C1CCN(S(=O)(=O)/C=C/c2ccccc2)CC1. The van der Waals surface area contributed by atoms with Crippen molar-refractivity contribution < 1.29 is 17.6 Å². The van der Waals surface area contributed by atoms with Crippen LogP contribution in [0.5, 0.6) is 0 Å². The van der Waals surface area contributed by atoms with E-state index in [1.54, 1.807) is 18.3 Å². The summed E-state index contributed by atoms with van der Waals surface area (Å²) in [5.74, 6) is -0.710. The number of carbonyl (C=O) groups is 1.